The molecule has 7 heteroatoms. The molecule has 1 heterocycles. The highest BCUT2D eigenvalue weighted by atomic mass is 35.5. The van der Waals surface area contributed by atoms with Crippen LogP contribution in [0.4, 0.5) is 0 Å². The summed E-state index contributed by atoms with van der Waals surface area (Å²) >= 11 is 5.90. The van der Waals surface area contributed by atoms with Crippen molar-refractivity contribution in [2.24, 2.45) is 11.8 Å². The summed E-state index contributed by atoms with van der Waals surface area (Å²) in [7, 11) is 0. The van der Waals surface area contributed by atoms with Crippen molar-refractivity contribution in [3.63, 3.8) is 0 Å². The van der Waals surface area contributed by atoms with Crippen LogP contribution in [0.5, 0.6) is 0 Å². The summed E-state index contributed by atoms with van der Waals surface area (Å²) < 4.78 is 1.45. The first kappa shape index (κ1) is 15.0. The van der Waals surface area contributed by atoms with E-state index in [0.717, 1.165) is 12.8 Å². The van der Waals surface area contributed by atoms with Crippen LogP contribution in [0.15, 0.2) is 36.9 Å². The van der Waals surface area contributed by atoms with Crippen molar-refractivity contribution in [1.29, 1.82) is 0 Å². The molecule has 1 fully saturated rings. The van der Waals surface area contributed by atoms with Gasteiger partial charge < -0.3 is 10.2 Å². The number of aromatic nitrogens is 3. The third kappa shape index (κ3) is 2.84. The lowest BCUT2D eigenvalue weighted by molar-refractivity contribution is -0.156. The van der Waals surface area contributed by atoms with E-state index in [1.165, 1.54) is 17.3 Å². The Bertz CT molecular complexity index is 655. The Kier molecular flexibility index (Phi) is 3.88. The van der Waals surface area contributed by atoms with E-state index in [-0.39, 0.29) is 12.5 Å². The van der Waals surface area contributed by atoms with Gasteiger partial charge in [0.25, 0.3) is 0 Å². The maximum Gasteiger partial charge on any atom is 0.310 e. The molecule has 1 saturated carbocycles. The van der Waals surface area contributed by atoms with Gasteiger partial charge in [-0.1, -0.05) is 23.7 Å². The van der Waals surface area contributed by atoms with Crippen LogP contribution < -0.4 is 0 Å². The van der Waals surface area contributed by atoms with E-state index in [1.54, 1.807) is 24.3 Å². The summed E-state index contributed by atoms with van der Waals surface area (Å²) in [5.41, 5.74) is -1.04. The molecule has 0 amide bonds. The monoisotopic (exact) mass is 321 g/mol. The minimum atomic E-state index is -1.56. The summed E-state index contributed by atoms with van der Waals surface area (Å²) in [6.45, 7) is 0.0299. The number of aliphatic hydroxyl groups is 1. The maximum atomic E-state index is 11.8. The Morgan fingerprint density at radius 3 is 2.59 bits per heavy atom. The molecule has 0 radical (unpaired) electrons. The van der Waals surface area contributed by atoms with Crippen LogP contribution in [0.1, 0.15) is 18.4 Å². The highest BCUT2D eigenvalue weighted by Gasteiger charge is 2.51. The summed E-state index contributed by atoms with van der Waals surface area (Å²) in [6, 6.07) is 6.62. The molecule has 0 spiro atoms. The van der Waals surface area contributed by atoms with Gasteiger partial charge in [0.2, 0.25) is 0 Å². The number of halogens is 1. The zero-order chi connectivity index (χ0) is 15.7. The summed E-state index contributed by atoms with van der Waals surface area (Å²) in [5, 5.41) is 25.4. The van der Waals surface area contributed by atoms with E-state index < -0.39 is 17.5 Å². The first-order valence-electron chi connectivity index (χ1n) is 7.04. The molecule has 6 nitrogen and oxygen atoms in total. The molecule has 1 aromatic heterocycles. The van der Waals surface area contributed by atoms with E-state index in [4.69, 9.17) is 11.6 Å². The van der Waals surface area contributed by atoms with Crippen LogP contribution in [-0.2, 0) is 16.9 Å². The van der Waals surface area contributed by atoms with Gasteiger partial charge in [0, 0.05) is 5.02 Å². The zero-order valence-electron chi connectivity index (χ0n) is 11.8. The Morgan fingerprint density at radius 2 is 2.09 bits per heavy atom. The second-order valence-corrected chi connectivity index (χ2v) is 6.11. The Hall–Kier alpha value is -1.92. The van der Waals surface area contributed by atoms with Crippen molar-refractivity contribution >= 4 is 17.6 Å². The van der Waals surface area contributed by atoms with E-state index in [0.29, 0.717) is 10.6 Å². The molecule has 2 N–H and O–H groups in total. The third-order valence-electron chi connectivity index (χ3n) is 4.09. The lowest BCUT2D eigenvalue weighted by atomic mass is 9.78. The van der Waals surface area contributed by atoms with Crippen molar-refractivity contribution in [3.05, 3.63) is 47.5 Å². The van der Waals surface area contributed by atoms with Crippen LogP contribution in [-0.4, -0.2) is 30.9 Å². The number of carboxylic acids is 1. The number of hydrogen-bond donors (Lipinski definition) is 2. The minimum Gasteiger partial charge on any atom is -0.481 e. The van der Waals surface area contributed by atoms with Crippen LogP contribution >= 0.6 is 11.6 Å². The lowest BCUT2D eigenvalue weighted by Crippen LogP contribution is -2.44. The van der Waals surface area contributed by atoms with Gasteiger partial charge in [-0.3, -0.25) is 4.79 Å². The van der Waals surface area contributed by atoms with Gasteiger partial charge in [0.1, 0.15) is 18.3 Å². The Labute approximate surface area is 132 Å². The van der Waals surface area contributed by atoms with Crippen molar-refractivity contribution < 1.29 is 15.0 Å². The minimum absolute atomic E-state index is 0.0262. The maximum absolute atomic E-state index is 11.8. The molecular formula is C15H16ClN3O3. The van der Waals surface area contributed by atoms with Crippen molar-refractivity contribution in [3.8, 4) is 0 Å². The molecule has 22 heavy (non-hydrogen) atoms. The average molecular weight is 322 g/mol. The first-order valence-corrected chi connectivity index (χ1v) is 7.42. The summed E-state index contributed by atoms with van der Waals surface area (Å²) in [4.78, 5) is 15.6. The van der Waals surface area contributed by atoms with Crippen molar-refractivity contribution in [1.82, 2.24) is 14.8 Å². The molecule has 116 valence electrons. The van der Waals surface area contributed by atoms with E-state index >= 15 is 0 Å². The van der Waals surface area contributed by atoms with Crippen LogP contribution in [0.2, 0.25) is 5.02 Å². The van der Waals surface area contributed by atoms with Crippen molar-refractivity contribution in [2.75, 3.05) is 0 Å². The second kappa shape index (κ2) is 5.70. The molecule has 2 unspecified atom stereocenters. The fraction of sp³-hybridized carbons (Fsp3) is 0.400. The average Bonchev–Trinajstić information content (AvgIpc) is 3.15. The third-order valence-corrected chi connectivity index (χ3v) is 4.34. The highest BCUT2D eigenvalue weighted by molar-refractivity contribution is 6.30. The lowest BCUT2D eigenvalue weighted by Gasteiger charge is -2.34. The van der Waals surface area contributed by atoms with Gasteiger partial charge in [-0.15, -0.1) is 0 Å². The predicted molar refractivity (Wildman–Crippen MR) is 79.2 cm³/mol. The molecule has 1 aromatic carbocycles. The standard InChI is InChI=1S/C15H16ClN3O3/c16-12-5-3-11(4-6-12)15(22,7-19-9-17-8-18-19)13(14(20)21)10-1-2-10/h3-6,8-10,13,22H,1-2,7H2,(H,20,21). The number of benzene rings is 1. The van der Waals surface area contributed by atoms with Gasteiger partial charge in [-0.25, -0.2) is 9.67 Å². The molecule has 2 atom stereocenters. The van der Waals surface area contributed by atoms with Gasteiger partial charge in [-0.05, 0) is 36.5 Å². The molecule has 0 bridgehead atoms. The Balaban J connectivity index is 2.03. The normalized spacial score (nSPS) is 18.6. The largest absolute Gasteiger partial charge is 0.481 e. The topological polar surface area (TPSA) is 88.2 Å². The summed E-state index contributed by atoms with van der Waals surface area (Å²) in [6.07, 6.45) is 4.44. The first-order chi connectivity index (χ1) is 10.5. The van der Waals surface area contributed by atoms with Crippen molar-refractivity contribution in [2.45, 2.75) is 25.0 Å². The molecular weight excluding hydrogens is 306 g/mol. The predicted octanol–water partition coefficient (Wildman–Crippen LogP) is 1.93. The number of carbonyl (C=O) groups is 1. The SMILES string of the molecule is O=C(O)C(C1CC1)C(O)(Cn1cncn1)c1ccc(Cl)cc1. The van der Waals surface area contributed by atoms with E-state index in [1.807, 2.05) is 0 Å². The summed E-state index contributed by atoms with van der Waals surface area (Å²) in [5.74, 6) is -1.92. The van der Waals surface area contributed by atoms with Crippen LogP contribution in [0.3, 0.4) is 0 Å². The number of aliphatic carboxylic acids is 1. The number of rotatable bonds is 6. The molecule has 1 aliphatic rings. The Morgan fingerprint density at radius 1 is 1.41 bits per heavy atom. The van der Waals surface area contributed by atoms with Gasteiger partial charge in [0.15, 0.2) is 0 Å². The fourth-order valence-corrected chi connectivity index (χ4v) is 3.02. The quantitative estimate of drug-likeness (QED) is 0.848. The van der Waals surface area contributed by atoms with Crippen LogP contribution in [0, 0.1) is 11.8 Å². The fourth-order valence-electron chi connectivity index (χ4n) is 2.89. The zero-order valence-corrected chi connectivity index (χ0v) is 12.5. The molecule has 0 aliphatic heterocycles. The van der Waals surface area contributed by atoms with Crippen LogP contribution in [0.25, 0.3) is 0 Å². The van der Waals surface area contributed by atoms with E-state index in [9.17, 15) is 15.0 Å². The molecule has 0 saturated heterocycles. The van der Waals surface area contributed by atoms with Gasteiger partial charge in [0.05, 0.1) is 12.5 Å². The number of hydrogen-bond acceptors (Lipinski definition) is 4. The highest BCUT2D eigenvalue weighted by Crippen LogP contribution is 2.47. The molecule has 3 rings (SSSR count). The smallest absolute Gasteiger partial charge is 0.310 e. The molecule has 2 aromatic rings. The number of nitrogens with zero attached hydrogens (tertiary/aromatic N) is 3. The van der Waals surface area contributed by atoms with Gasteiger partial charge in [-0.2, -0.15) is 5.10 Å². The molecule has 1 aliphatic carbocycles. The second-order valence-electron chi connectivity index (χ2n) is 5.68. The van der Waals surface area contributed by atoms with Gasteiger partial charge >= 0.3 is 5.97 Å². The number of carboxylic acid groups (broad SMARTS) is 1. The van der Waals surface area contributed by atoms with E-state index in [2.05, 4.69) is 10.1 Å².